The highest BCUT2D eigenvalue weighted by atomic mass is 32.2. The third-order valence-electron chi connectivity index (χ3n) is 2.05. The van der Waals surface area contributed by atoms with Crippen LogP contribution >= 0.6 is 0 Å². The molecule has 1 atom stereocenters. The maximum atomic E-state index is 10.6. The molecule has 0 aromatic carbocycles. The summed E-state index contributed by atoms with van der Waals surface area (Å²) in [6, 6.07) is 1.68. The summed E-state index contributed by atoms with van der Waals surface area (Å²) in [7, 11) is 1.46. The molecule has 0 aliphatic heterocycles. The standard InChI is InChI=1S/C10H16N2O3S/c1-10(2,3)9-5-7(12-16(13)14)8(15-4)6-11-9/h5-6H,1-4H3,(H,11,12)(H,13,14)/p-1. The van der Waals surface area contributed by atoms with E-state index in [9.17, 15) is 8.76 Å². The molecule has 1 heterocycles. The molecule has 16 heavy (non-hydrogen) atoms. The first kappa shape index (κ1) is 12.9. The van der Waals surface area contributed by atoms with Gasteiger partial charge in [-0.05, 0) is 6.07 Å². The molecule has 90 valence electrons. The topological polar surface area (TPSA) is 74.3 Å². The summed E-state index contributed by atoms with van der Waals surface area (Å²) in [6.45, 7) is 6.00. The summed E-state index contributed by atoms with van der Waals surface area (Å²) in [5.41, 5.74) is 1.05. The van der Waals surface area contributed by atoms with Gasteiger partial charge in [0.1, 0.15) is 0 Å². The number of hydrogen-bond acceptors (Lipinski definition) is 4. The van der Waals surface area contributed by atoms with Crippen molar-refractivity contribution in [3.8, 4) is 5.75 Å². The van der Waals surface area contributed by atoms with Gasteiger partial charge in [-0.1, -0.05) is 20.8 Å². The van der Waals surface area contributed by atoms with E-state index >= 15 is 0 Å². The second-order valence-corrected chi connectivity index (χ2v) is 5.03. The maximum absolute atomic E-state index is 10.6. The van der Waals surface area contributed by atoms with E-state index in [0.29, 0.717) is 11.4 Å². The first-order valence-corrected chi connectivity index (χ1v) is 5.82. The molecule has 0 saturated heterocycles. The third-order valence-corrected chi connectivity index (χ3v) is 2.44. The lowest BCUT2D eigenvalue weighted by Gasteiger charge is -2.20. The van der Waals surface area contributed by atoms with Gasteiger partial charge in [-0.25, -0.2) is 0 Å². The Morgan fingerprint density at radius 2 is 2.12 bits per heavy atom. The molecular weight excluding hydrogens is 228 g/mol. The van der Waals surface area contributed by atoms with Gasteiger partial charge < -0.3 is 14.0 Å². The summed E-state index contributed by atoms with van der Waals surface area (Å²) < 4.78 is 28.5. The Bertz CT molecular complexity index is 402. The Kier molecular flexibility index (Phi) is 3.88. The van der Waals surface area contributed by atoms with Crippen LogP contribution in [0, 0.1) is 0 Å². The molecule has 1 unspecified atom stereocenters. The van der Waals surface area contributed by atoms with E-state index < -0.39 is 11.3 Å². The van der Waals surface area contributed by atoms with Gasteiger partial charge in [0, 0.05) is 22.4 Å². The Labute approximate surface area is 97.7 Å². The van der Waals surface area contributed by atoms with Crippen molar-refractivity contribution in [1.29, 1.82) is 0 Å². The van der Waals surface area contributed by atoms with Gasteiger partial charge >= 0.3 is 0 Å². The summed E-state index contributed by atoms with van der Waals surface area (Å²) >= 11 is -2.37. The molecule has 0 saturated carbocycles. The van der Waals surface area contributed by atoms with Gasteiger partial charge in [-0.2, -0.15) is 0 Å². The van der Waals surface area contributed by atoms with E-state index in [1.54, 1.807) is 6.07 Å². The van der Waals surface area contributed by atoms with Crippen LogP contribution in [0.1, 0.15) is 26.5 Å². The Balaban J connectivity index is 3.16. The van der Waals surface area contributed by atoms with Crippen LogP contribution in [0.15, 0.2) is 12.3 Å². The van der Waals surface area contributed by atoms with E-state index in [-0.39, 0.29) is 5.41 Å². The van der Waals surface area contributed by atoms with Crippen LogP contribution in [0.4, 0.5) is 5.69 Å². The molecule has 1 N–H and O–H groups in total. The number of nitrogens with zero attached hydrogens (tertiary/aromatic N) is 1. The van der Waals surface area contributed by atoms with Gasteiger partial charge in [0.15, 0.2) is 5.75 Å². The van der Waals surface area contributed by atoms with Crippen molar-refractivity contribution in [3.05, 3.63) is 18.0 Å². The lowest BCUT2D eigenvalue weighted by atomic mass is 9.91. The van der Waals surface area contributed by atoms with Gasteiger partial charge in [0.2, 0.25) is 0 Å². The lowest BCUT2D eigenvalue weighted by Crippen LogP contribution is -2.14. The Morgan fingerprint density at radius 1 is 1.50 bits per heavy atom. The molecule has 0 aliphatic carbocycles. The van der Waals surface area contributed by atoms with E-state index in [1.807, 2.05) is 20.8 Å². The lowest BCUT2D eigenvalue weighted by molar-refractivity contribution is 0.413. The highest BCUT2D eigenvalue weighted by Crippen LogP contribution is 2.29. The van der Waals surface area contributed by atoms with E-state index in [4.69, 9.17) is 4.74 Å². The second kappa shape index (κ2) is 4.80. The van der Waals surface area contributed by atoms with Crippen molar-refractivity contribution >= 4 is 17.0 Å². The molecule has 1 aromatic heterocycles. The zero-order valence-electron chi connectivity index (χ0n) is 9.73. The van der Waals surface area contributed by atoms with Gasteiger partial charge in [-0.3, -0.25) is 9.19 Å². The largest absolute Gasteiger partial charge is 0.755 e. The fourth-order valence-corrected chi connectivity index (χ4v) is 1.52. The molecule has 0 aliphatic rings. The van der Waals surface area contributed by atoms with Crippen LogP contribution in [-0.4, -0.2) is 20.9 Å². The average Bonchev–Trinajstić information content (AvgIpc) is 2.15. The average molecular weight is 243 g/mol. The number of methoxy groups -OCH3 is 1. The summed E-state index contributed by atoms with van der Waals surface area (Å²) in [6.07, 6.45) is 1.51. The molecule has 0 fully saturated rings. The highest BCUT2D eigenvalue weighted by molar-refractivity contribution is 7.80. The molecule has 0 bridgehead atoms. The fraction of sp³-hybridized carbons (Fsp3) is 0.500. The predicted molar refractivity (Wildman–Crippen MR) is 62.0 cm³/mol. The first-order valence-electron chi connectivity index (χ1n) is 4.75. The van der Waals surface area contributed by atoms with E-state index in [1.165, 1.54) is 13.3 Å². The number of nitrogens with one attached hydrogen (secondary N) is 1. The first-order chi connectivity index (χ1) is 7.34. The van der Waals surface area contributed by atoms with Crippen molar-refractivity contribution in [1.82, 2.24) is 4.98 Å². The van der Waals surface area contributed by atoms with Crippen molar-refractivity contribution < 1.29 is 13.5 Å². The van der Waals surface area contributed by atoms with Gasteiger partial charge in [0.25, 0.3) is 0 Å². The number of ether oxygens (including phenoxy) is 1. The molecule has 0 amide bonds. The van der Waals surface area contributed by atoms with Crippen LogP contribution in [0.5, 0.6) is 5.75 Å². The molecule has 0 spiro atoms. The highest BCUT2D eigenvalue weighted by Gasteiger charge is 2.17. The number of aromatic nitrogens is 1. The zero-order chi connectivity index (χ0) is 12.3. The maximum Gasteiger partial charge on any atom is 0.161 e. The van der Waals surface area contributed by atoms with Crippen molar-refractivity contribution in [2.75, 3.05) is 11.8 Å². The van der Waals surface area contributed by atoms with E-state index in [0.717, 1.165) is 5.69 Å². The second-order valence-electron chi connectivity index (χ2n) is 4.36. The van der Waals surface area contributed by atoms with Gasteiger partial charge in [-0.15, -0.1) is 0 Å². The monoisotopic (exact) mass is 243 g/mol. The zero-order valence-corrected chi connectivity index (χ0v) is 10.6. The molecule has 5 nitrogen and oxygen atoms in total. The third kappa shape index (κ3) is 3.18. The molecule has 6 heteroatoms. The summed E-state index contributed by atoms with van der Waals surface area (Å²) in [5.74, 6) is 0.400. The summed E-state index contributed by atoms with van der Waals surface area (Å²) in [5, 5.41) is 0. The van der Waals surface area contributed by atoms with Gasteiger partial charge in [0.05, 0.1) is 19.0 Å². The minimum atomic E-state index is -2.37. The normalized spacial score (nSPS) is 13.3. The van der Waals surface area contributed by atoms with Crippen LogP contribution in [-0.2, 0) is 16.7 Å². The summed E-state index contributed by atoms with van der Waals surface area (Å²) in [4.78, 5) is 4.22. The SMILES string of the molecule is COc1cnc(C(C)(C)C)cc1NS(=O)[O-]. The van der Waals surface area contributed by atoms with Crippen molar-refractivity contribution in [2.45, 2.75) is 26.2 Å². The Hall–Kier alpha value is -1.14. The Morgan fingerprint density at radius 3 is 2.56 bits per heavy atom. The van der Waals surface area contributed by atoms with Crippen LogP contribution in [0.25, 0.3) is 0 Å². The number of hydrogen-bond donors (Lipinski definition) is 1. The smallest absolute Gasteiger partial charge is 0.161 e. The fourth-order valence-electron chi connectivity index (χ4n) is 1.19. The number of pyridine rings is 1. The van der Waals surface area contributed by atoms with Crippen LogP contribution in [0.3, 0.4) is 0 Å². The minimum Gasteiger partial charge on any atom is -0.755 e. The predicted octanol–water partition coefficient (Wildman–Crippen LogP) is 1.59. The quantitative estimate of drug-likeness (QED) is 0.818. The minimum absolute atomic E-state index is 0.146. The van der Waals surface area contributed by atoms with Crippen LogP contribution in [0.2, 0.25) is 0 Å². The van der Waals surface area contributed by atoms with Crippen molar-refractivity contribution in [3.63, 3.8) is 0 Å². The van der Waals surface area contributed by atoms with Crippen LogP contribution < -0.4 is 9.46 Å². The molecule has 1 rings (SSSR count). The number of rotatable bonds is 3. The number of anilines is 1. The molecular formula is C10H15N2O3S-. The molecule has 1 aromatic rings. The van der Waals surface area contributed by atoms with Crippen molar-refractivity contribution in [2.24, 2.45) is 0 Å². The van der Waals surface area contributed by atoms with E-state index in [2.05, 4.69) is 9.71 Å². The molecule has 0 radical (unpaired) electrons.